The Hall–Kier alpha value is -4.53. The van der Waals surface area contributed by atoms with Gasteiger partial charge in [-0.2, -0.15) is 4.98 Å². The number of allylic oxidation sites excluding steroid dienone is 1. The summed E-state index contributed by atoms with van der Waals surface area (Å²) in [5.41, 5.74) is 6.19. The minimum Gasteiger partial charge on any atom is -0.489 e. The Balaban J connectivity index is 1.30. The summed E-state index contributed by atoms with van der Waals surface area (Å²) in [6.45, 7) is 4.44. The summed E-state index contributed by atoms with van der Waals surface area (Å²) >= 11 is 7.87. The first-order valence-corrected chi connectivity index (χ1v) is 15.3. The third kappa shape index (κ3) is 6.45. The number of rotatable bonds is 9. The molecule has 5 aromatic rings. The van der Waals surface area contributed by atoms with Crippen LogP contribution in [0, 0.1) is 6.92 Å². The number of aromatic nitrogens is 3. The van der Waals surface area contributed by atoms with Crippen LogP contribution < -0.4 is 15.4 Å². The number of nitrogens with zero attached hydrogens (tertiary/aromatic N) is 3. The second kappa shape index (κ2) is 12.8. The van der Waals surface area contributed by atoms with Crippen LogP contribution in [-0.2, 0) is 17.2 Å². The second-order valence-electron chi connectivity index (χ2n) is 10.2. The van der Waals surface area contributed by atoms with Gasteiger partial charge in [0.25, 0.3) is 5.91 Å². The van der Waals surface area contributed by atoms with Gasteiger partial charge in [0, 0.05) is 22.2 Å². The Labute approximate surface area is 260 Å². The first-order valence-electron chi connectivity index (χ1n) is 13.9. The number of thioether (sulfide) groups is 1. The summed E-state index contributed by atoms with van der Waals surface area (Å²) in [5.74, 6) is 1.72. The van der Waals surface area contributed by atoms with Gasteiger partial charge in [-0.15, -0.1) is 5.10 Å². The normalized spacial score (nSPS) is 14.2. The Bertz CT molecular complexity index is 1790. The Morgan fingerprint density at radius 2 is 1.63 bits per heavy atom. The number of halogens is 1. The van der Waals surface area contributed by atoms with Gasteiger partial charge in [-0.25, -0.2) is 4.68 Å². The summed E-state index contributed by atoms with van der Waals surface area (Å²) in [5, 5.41) is 12.5. The molecule has 1 aliphatic heterocycles. The van der Waals surface area contributed by atoms with Crippen molar-refractivity contribution in [2.24, 2.45) is 0 Å². The molecule has 1 aromatic heterocycles. The van der Waals surface area contributed by atoms with Crippen LogP contribution >= 0.6 is 23.4 Å². The lowest BCUT2D eigenvalue weighted by atomic mass is 9.95. The van der Waals surface area contributed by atoms with Crippen molar-refractivity contribution in [2.45, 2.75) is 37.4 Å². The van der Waals surface area contributed by atoms with Crippen molar-refractivity contribution in [3.63, 3.8) is 0 Å². The number of hydrogen-bond acceptors (Lipinski definition) is 6. The van der Waals surface area contributed by atoms with Gasteiger partial charge in [0.05, 0.1) is 5.57 Å². The van der Waals surface area contributed by atoms with Crippen molar-refractivity contribution in [1.29, 1.82) is 0 Å². The van der Waals surface area contributed by atoms with Crippen LogP contribution in [0.15, 0.2) is 120 Å². The van der Waals surface area contributed by atoms with E-state index in [4.69, 9.17) is 26.4 Å². The fourth-order valence-electron chi connectivity index (χ4n) is 4.95. The number of amides is 1. The van der Waals surface area contributed by atoms with E-state index in [0.29, 0.717) is 45.4 Å². The number of hydrogen-bond donors (Lipinski definition) is 2. The molecule has 0 fully saturated rings. The zero-order chi connectivity index (χ0) is 29.8. The van der Waals surface area contributed by atoms with Gasteiger partial charge in [0.1, 0.15) is 18.4 Å². The van der Waals surface area contributed by atoms with Gasteiger partial charge >= 0.3 is 0 Å². The summed E-state index contributed by atoms with van der Waals surface area (Å²) in [4.78, 5) is 18.5. The highest BCUT2D eigenvalue weighted by Crippen LogP contribution is 2.38. The number of benzene rings is 4. The fourth-order valence-corrected chi connectivity index (χ4v) is 6.07. The number of carbonyl (C=O) groups is 1. The van der Waals surface area contributed by atoms with Crippen molar-refractivity contribution < 1.29 is 9.53 Å². The molecule has 43 heavy (non-hydrogen) atoms. The highest BCUT2D eigenvalue weighted by molar-refractivity contribution is 7.98. The molecule has 1 unspecified atom stereocenters. The maximum absolute atomic E-state index is 13.8. The minimum absolute atomic E-state index is 0.215. The predicted octanol–water partition coefficient (Wildman–Crippen LogP) is 8.04. The number of fused-ring (bicyclic) bond motifs is 1. The van der Waals surface area contributed by atoms with Crippen molar-refractivity contribution >= 4 is 40.9 Å². The zero-order valence-corrected chi connectivity index (χ0v) is 25.3. The Kier molecular flexibility index (Phi) is 8.49. The first kappa shape index (κ1) is 28.6. The molecule has 9 heteroatoms. The summed E-state index contributed by atoms with van der Waals surface area (Å²) < 4.78 is 7.88. The number of para-hydroxylation sites is 1. The molecule has 1 aliphatic rings. The molecule has 1 amide bonds. The van der Waals surface area contributed by atoms with Crippen LogP contribution in [0.2, 0.25) is 5.02 Å². The molecule has 0 radical (unpaired) electrons. The fraction of sp³-hybridized carbons (Fsp3) is 0.147. The minimum atomic E-state index is -0.507. The van der Waals surface area contributed by atoms with Crippen LogP contribution in [0.5, 0.6) is 5.75 Å². The van der Waals surface area contributed by atoms with Crippen LogP contribution in [0.3, 0.4) is 0 Å². The maximum Gasteiger partial charge on any atom is 0.255 e. The first-order chi connectivity index (χ1) is 21.0. The summed E-state index contributed by atoms with van der Waals surface area (Å²) in [6, 6.07) is 32.7. The van der Waals surface area contributed by atoms with Crippen LogP contribution in [0.4, 0.5) is 11.6 Å². The number of ether oxygens (including phenoxy) is 1. The van der Waals surface area contributed by atoms with Crippen LogP contribution in [0.25, 0.3) is 0 Å². The van der Waals surface area contributed by atoms with E-state index in [1.54, 1.807) is 4.68 Å². The van der Waals surface area contributed by atoms with E-state index in [-0.39, 0.29) is 5.91 Å². The quantitative estimate of drug-likeness (QED) is 0.165. The standard InChI is InChI=1S/C34H30ClN5O2S/c1-22-10-6-7-11-25(22)20-42-28-18-16-24(17-19-28)31-30(32(41)37-27-13-4-3-5-14-27)23(2)36-33-38-34(39-40(31)33)43-21-26-12-8-9-15-29(26)35/h3-19,31H,20-21H2,1-2H3,(H,37,41)(H,36,38,39). The predicted molar refractivity (Wildman–Crippen MR) is 173 cm³/mol. The molecule has 0 saturated carbocycles. The number of carbonyl (C=O) groups excluding carboxylic acids is 1. The molecule has 0 bridgehead atoms. The topological polar surface area (TPSA) is 81.1 Å². The number of anilines is 2. The van der Waals surface area contributed by atoms with Crippen molar-refractivity contribution in [1.82, 2.24) is 14.8 Å². The molecular formula is C34H30ClN5O2S. The van der Waals surface area contributed by atoms with E-state index in [9.17, 15) is 4.79 Å². The molecule has 216 valence electrons. The van der Waals surface area contributed by atoms with Gasteiger partial charge in [-0.1, -0.05) is 96.2 Å². The molecule has 7 nitrogen and oxygen atoms in total. The molecular weight excluding hydrogens is 578 g/mol. The molecule has 2 N–H and O–H groups in total. The monoisotopic (exact) mass is 607 g/mol. The largest absolute Gasteiger partial charge is 0.489 e. The van der Waals surface area contributed by atoms with Gasteiger partial charge in [0.15, 0.2) is 0 Å². The van der Waals surface area contributed by atoms with E-state index in [1.807, 2.05) is 97.9 Å². The van der Waals surface area contributed by atoms with E-state index >= 15 is 0 Å². The molecule has 0 saturated heterocycles. The van der Waals surface area contributed by atoms with Crippen LogP contribution in [0.1, 0.15) is 35.2 Å². The average Bonchev–Trinajstić information content (AvgIpc) is 3.42. The molecule has 1 atom stereocenters. The lowest BCUT2D eigenvalue weighted by Crippen LogP contribution is -2.31. The van der Waals surface area contributed by atoms with Crippen molar-refractivity contribution in [3.05, 3.63) is 142 Å². The van der Waals surface area contributed by atoms with Gasteiger partial charge < -0.3 is 15.4 Å². The SMILES string of the molecule is CC1=C(C(=O)Nc2ccccc2)C(c2ccc(OCc3ccccc3C)cc2)n2nc(SCc3ccccc3Cl)nc2N1. The van der Waals surface area contributed by atoms with Crippen molar-refractivity contribution in [3.8, 4) is 5.75 Å². The average molecular weight is 608 g/mol. The third-order valence-electron chi connectivity index (χ3n) is 7.28. The summed E-state index contributed by atoms with van der Waals surface area (Å²) in [7, 11) is 0. The zero-order valence-electron chi connectivity index (χ0n) is 23.8. The van der Waals surface area contributed by atoms with Gasteiger partial charge in [0.2, 0.25) is 11.1 Å². The lowest BCUT2D eigenvalue weighted by molar-refractivity contribution is -0.113. The molecule has 4 aromatic carbocycles. The molecule has 0 aliphatic carbocycles. The molecule has 6 rings (SSSR count). The second-order valence-corrected chi connectivity index (χ2v) is 11.6. The van der Waals surface area contributed by atoms with Crippen LogP contribution in [-0.4, -0.2) is 20.7 Å². The number of aryl methyl sites for hydroxylation is 1. The van der Waals surface area contributed by atoms with Gasteiger partial charge in [-0.05, 0) is 66.4 Å². The Morgan fingerprint density at radius 3 is 2.37 bits per heavy atom. The molecule has 0 spiro atoms. The number of nitrogens with one attached hydrogen (secondary N) is 2. The van der Waals surface area contributed by atoms with E-state index in [1.165, 1.54) is 17.3 Å². The van der Waals surface area contributed by atoms with E-state index in [2.05, 4.69) is 29.7 Å². The van der Waals surface area contributed by atoms with E-state index < -0.39 is 6.04 Å². The summed E-state index contributed by atoms with van der Waals surface area (Å²) in [6.07, 6.45) is 0. The van der Waals surface area contributed by atoms with Crippen molar-refractivity contribution in [2.75, 3.05) is 10.6 Å². The highest BCUT2D eigenvalue weighted by atomic mass is 35.5. The highest BCUT2D eigenvalue weighted by Gasteiger charge is 2.34. The lowest BCUT2D eigenvalue weighted by Gasteiger charge is -2.28. The molecule has 2 heterocycles. The maximum atomic E-state index is 13.8. The smallest absolute Gasteiger partial charge is 0.255 e. The Morgan fingerprint density at radius 1 is 0.930 bits per heavy atom. The van der Waals surface area contributed by atoms with E-state index in [0.717, 1.165) is 22.4 Å². The van der Waals surface area contributed by atoms with Gasteiger partial charge in [-0.3, -0.25) is 4.79 Å². The third-order valence-corrected chi connectivity index (χ3v) is 8.53.